The molecule has 1 aliphatic rings. The molecule has 0 saturated carbocycles. The van der Waals surface area contributed by atoms with Gasteiger partial charge in [-0.2, -0.15) is 18.3 Å². The van der Waals surface area contributed by atoms with E-state index >= 15 is 0 Å². The van der Waals surface area contributed by atoms with Crippen molar-refractivity contribution in [3.63, 3.8) is 0 Å². The molecule has 1 fully saturated rings. The summed E-state index contributed by atoms with van der Waals surface area (Å²) in [5, 5.41) is 19.9. The van der Waals surface area contributed by atoms with Crippen molar-refractivity contribution in [2.24, 2.45) is 0 Å². The molecule has 3 heterocycles. The van der Waals surface area contributed by atoms with Crippen molar-refractivity contribution in [1.29, 1.82) is 0 Å². The van der Waals surface area contributed by atoms with E-state index in [2.05, 4.69) is 35.5 Å². The van der Waals surface area contributed by atoms with Crippen molar-refractivity contribution in [2.75, 3.05) is 36.0 Å². The van der Waals surface area contributed by atoms with Crippen molar-refractivity contribution in [1.82, 2.24) is 30.4 Å². The molecule has 0 unspecified atom stereocenters. The molecule has 3 aromatic rings. The molecule has 4 rings (SSSR count). The number of rotatable bonds is 5. The van der Waals surface area contributed by atoms with Gasteiger partial charge in [0.2, 0.25) is 5.95 Å². The molecule has 0 bridgehead atoms. The first kappa shape index (κ1) is 19.1. The van der Waals surface area contributed by atoms with Crippen LogP contribution in [0.4, 0.5) is 24.9 Å². The van der Waals surface area contributed by atoms with E-state index in [1.54, 1.807) is 16.9 Å². The third-order valence-electron chi connectivity index (χ3n) is 4.82. The van der Waals surface area contributed by atoms with Crippen molar-refractivity contribution >= 4 is 11.8 Å². The van der Waals surface area contributed by atoms with Crippen molar-refractivity contribution < 1.29 is 13.2 Å². The maximum Gasteiger partial charge on any atom is 0.416 e. The van der Waals surface area contributed by atoms with Gasteiger partial charge in [0.15, 0.2) is 5.82 Å². The lowest BCUT2D eigenvalue weighted by Crippen LogP contribution is -2.47. The standard InChI is InChI=1S/C18H19F3N8/c19-18(20,21)15-4-1-3-14(13-15)6-8-29-17(24-25-26-29)28-11-9-27(10-12-28)16-5-2-7-22-23-16/h1-5,7,13H,6,8-12H2. The van der Waals surface area contributed by atoms with Crippen LogP contribution in [0.2, 0.25) is 0 Å². The molecule has 1 saturated heterocycles. The van der Waals surface area contributed by atoms with Crippen LogP contribution in [0.3, 0.4) is 0 Å². The summed E-state index contributed by atoms with van der Waals surface area (Å²) in [6.45, 7) is 3.31. The van der Waals surface area contributed by atoms with Gasteiger partial charge in [-0.25, -0.2) is 4.68 Å². The van der Waals surface area contributed by atoms with Gasteiger partial charge >= 0.3 is 6.18 Å². The summed E-state index contributed by atoms with van der Waals surface area (Å²) in [5.74, 6) is 1.45. The minimum Gasteiger partial charge on any atom is -0.352 e. The largest absolute Gasteiger partial charge is 0.416 e. The first-order chi connectivity index (χ1) is 14.0. The molecule has 8 nitrogen and oxygen atoms in total. The van der Waals surface area contributed by atoms with Crippen LogP contribution in [0.5, 0.6) is 0 Å². The van der Waals surface area contributed by atoms with Crippen LogP contribution in [-0.2, 0) is 19.1 Å². The third kappa shape index (κ3) is 4.44. The van der Waals surface area contributed by atoms with E-state index in [0.29, 0.717) is 37.6 Å². The number of aryl methyl sites for hydroxylation is 2. The van der Waals surface area contributed by atoms with E-state index in [9.17, 15) is 13.2 Å². The number of benzene rings is 1. The van der Waals surface area contributed by atoms with Crippen LogP contribution in [0.15, 0.2) is 42.6 Å². The summed E-state index contributed by atoms with van der Waals surface area (Å²) in [6.07, 6.45) is -2.31. The highest BCUT2D eigenvalue weighted by atomic mass is 19.4. The van der Waals surface area contributed by atoms with E-state index in [4.69, 9.17) is 0 Å². The number of halogens is 3. The maximum absolute atomic E-state index is 12.9. The Labute approximate surface area is 165 Å². The molecule has 1 aromatic carbocycles. The zero-order chi connectivity index (χ0) is 20.3. The lowest BCUT2D eigenvalue weighted by Gasteiger charge is -2.35. The van der Waals surface area contributed by atoms with Crippen LogP contribution in [0.1, 0.15) is 11.1 Å². The fourth-order valence-electron chi connectivity index (χ4n) is 3.31. The Kier molecular flexibility index (Phi) is 5.28. The first-order valence-electron chi connectivity index (χ1n) is 9.20. The molecule has 0 N–H and O–H groups in total. The highest BCUT2D eigenvalue weighted by Crippen LogP contribution is 2.29. The average Bonchev–Trinajstić information content (AvgIpc) is 3.21. The van der Waals surface area contributed by atoms with Gasteiger partial charge in [0.1, 0.15) is 0 Å². The number of hydrogen-bond donors (Lipinski definition) is 0. The Morgan fingerprint density at radius 2 is 1.72 bits per heavy atom. The fraction of sp³-hybridized carbons (Fsp3) is 0.389. The maximum atomic E-state index is 12.9. The highest BCUT2D eigenvalue weighted by molar-refractivity contribution is 5.40. The zero-order valence-electron chi connectivity index (χ0n) is 15.5. The Hall–Kier alpha value is -3.24. The van der Waals surface area contributed by atoms with Gasteiger partial charge in [-0.05, 0) is 40.6 Å². The van der Waals surface area contributed by atoms with Gasteiger partial charge in [0.05, 0.1) is 12.1 Å². The number of piperazine rings is 1. The smallest absolute Gasteiger partial charge is 0.352 e. The molecule has 0 spiro atoms. The van der Waals surface area contributed by atoms with Crippen LogP contribution in [-0.4, -0.2) is 56.6 Å². The fourth-order valence-corrected chi connectivity index (χ4v) is 3.31. The molecule has 152 valence electrons. The second kappa shape index (κ2) is 8.02. The van der Waals surface area contributed by atoms with E-state index in [1.165, 1.54) is 12.1 Å². The summed E-state index contributed by atoms with van der Waals surface area (Å²) in [4.78, 5) is 4.21. The van der Waals surface area contributed by atoms with Crippen LogP contribution < -0.4 is 9.80 Å². The van der Waals surface area contributed by atoms with Gasteiger partial charge in [-0.3, -0.25) is 0 Å². The molecule has 1 aliphatic heterocycles. The summed E-state index contributed by atoms with van der Waals surface area (Å²) >= 11 is 0. The predicted molar refractivity (Wildman–Crippen MR) is 99.4 cm³/mol. The van der Waals surface area contributed by atoms with Gasteiger partial charge in [0, 0.05) is 32.4 Å². The monoisotopic (exact) mass is 404 g/mol. The summed E-state index contributed by atoms with van der Waals surface area (Å²) in [5.41, 5.74) is -0.0548. The van der Waals surface area contributed by atoms with Crippen molar-refractivity contribution in [3.05, 3.63) is 53.7 Å². The Bertz CT molecular complexity index is 936. The summed E-state index contributed by atoms with van der Waals surface area (Å²) in [7, 11) is 0. The SMILES string of the molecule is FC(F)(F)c1cccc(CCn2nnnc2N2CCN(c3cccnn3)CC2)c1. The minimum absolute atomic E-state index is 0.397. The average molecular weight is 404 g/mol. The Balaban J connectivity index is 1.38. The number of nitrogens with zero attached hydrogens (tertiary/aromatic N) is 8. The van der Waals surface area contributed by atoms with Gasteiger partial charge in [-0.15, -0.1) is 5.10 Å². The van der Waals surface area contributed by atoms with Crippen LogP contribution in [0, 0.1) is 0 Å². The number of alkyl halides is 3. The second-order valence-electron chi connectivity index (χ2n) is 6.71. The van der Waals surface area contributed by atoms with Crippen LogP contribution >= 0.6 is 0 Å². The first-order valence-corrected chi connectivity index (χ1v) is 9.20. The van der Waals surface area contributed by atoms with Gasteiger partial charge in [-0.1, -0.05) is 23.3 Å². The lowest BCUT2D eigenvalue weighted by molar-refractivity contribution is -0.137. The molecule has 29 heavy (non-hydrogen) atoms. The molecular formula is C18H19F3N8. The topological polar surface area (TPSA) is 75.9 Å². The Morgan fingerprint density at radius 3 is 2.45 bits per heavy atom. The van der Waals surface area contributed by atoms with Crippen molar-refractivity contribution in [3.8, 4) is 0 Å². The number of aromatic nitrogens is 6. The summed E-state index contributed by atoms with van der Waals surface area (Å²) < 4.78 is 40.3. The quantitative estimate of drug-likeness (QED) is 0.644. The third-order valence-corrected chi connectivity index (χ3v) is 4.82. The Morgan fingerprint density at radius 1 is 0.931 bits per heavy atom. The van der Waals surface area contributed by atoms with E-state index in [-0.39, 0.29) is 0 Å². The van der Waals surface area contributed by atoms with Gasteiger partial charge < -0.3 is 9.80 Å². The molecule has 0 amide bonds. The predicted octanol–water partition coefficient (Wildman–Crippen LogP) is 2.05. The van der Waals surface area contributed by atoms with Gasteiger partial charge in [0.25, 0.3) is 0 Å². The molecule has 0 radical (unpaired) electrons. The lowest BCUT2D eigenvalue weighted by atomic mass is 10.1. The number of anilines is 2. The second-order valence-corrected chi connectivity index (χ2v) is 6.71. The van der Waals surface area contributed by atoms with Crippen LogP contribution in [0.25, 0.3) is 0 Å². The normalized spacial score (nSPS) is 15.0. The number of hydrogen-bond acceptors (Lipinski definition) is 7. The minimum atomic E-state index is -4.35. The summed E-state index contributed by atoms with van der Waals surface area (Å²) in [6, 6.07) is 9.11. The highest BCUT2D eigenvalue weighted by Gasteiger charge is 2.30. The number of tetrazole rings is 1. The molecule has 0 atom stereocenters. The zero-order valence-corrected chi connectivity index (χ0v) is 15.5. The van der Waals surface area contributed by atoms with E-state index in [1.807, 2.05) is 12.1 Å². The molecular weight excluding hydrogens is 385 g/mol. The van der Waals surface area contributed by atoms with E-state index in [0.717, 1.165) is 25.0 Å². The van der Waals surface area contributed by atoms with E-state index < -0.39 is 11.7 Å². The molecule has 2 aromatic heterocycles. The molecule has 0 aliphatic carbocycles. The molecule has 11 heteroatoms. The van der Waals surface area contributed by atoms with Crippen molar-refractivity contribution in [2.45, 2.75) is 19.1 Å².